The van der Waals surface area contributed by atoms with Gasteiger partial charge in [0.25, 0.3) is 0 Å². The van der Waals surface area contributed by atoms with Crippen LogP contribution in [0.2, 0.25) is 0 Å². The van der Waals surface area contributed by atoms with Gasteiger partial charge in [-0.3, -0.25) is 0 Å². The van der Waals surface area contributed by atoms with E-state index in [1.165, 1.54) is 23.4 Å². The second kappa shape index (κ2) is 9.74. The molecule has 4 heterocycles. The van der Waals surface area contributed by atoms with Crippen LogP contribution in [0, 0.1) is 0 Å². The van der Waals surface area contributed by atoms with Gasteiger partial charge in [0.1, 0.15) is 24.1 Å². The molecular formula is C25H17F3N10O. The normalized spacial score (nSPS) is 11.5. The second-order valence-corrected chi connectivity index (χ2v) is 8.14. The molecule has 0 aliphatic rings. The maximum Gasteiger partial charge on any atom is 0.416 e. The van der Waals surface area contributed by atoms with Crippen molar-refractivity contribution in [3.05, 3.63) is 97.5 Å². The molecule has 0 bridgehead atoms. The van der Waals surface area contributed by atoms with E-state index in [9.17, 15) is 13.2 Å². The highest BCUT2D eigenvalue weighted by molar-refractivity contribution is 5.63. The van der Waals surface area contributed by atoms with E-state index in [4.69, 9.17) is 4.74 Å². The molecule has 6 rings (SSSR count). The zero-order chi connectivity index (χ0) is 26.8. The first-order valence-electron chi connectivity index (χ1n) is 11.4. The summed E-state index contributed by atoms with van der Waals surface area (Å²) in [7, 11) is 0. The van der Waals surface area contributed by atoms with Crippen LogP contribution >= 0.6 is 0 Å². The van der Waals surface area contributed by atoms with Gasteiger partial charge < -0.3 is 19.8 Å². The lowest BCUT2D eigenvalue weighted by Gasteiger charge is -2.14. The Labute approximate surface area is 218 Å². The van der Waals surface area contributed by atoms with Crippen LogP contribution in [-0.4, -0.2) is 39.1 Å². The smallest absolute Gasteiger partial charge is 0.416 e. The zero-order valence-corrected chi connectivity index (χ0v) is 19.8. The summed E-state index contributed by atoms with van der Waals surface area (Å²) in [5.41, 5.74) is 0.643. The minimum Gasteiger partial charge on any atom is -0.424 e. The molecule has 39 heavy (non-hydrogen) atoms. The molecule has 2 aromatic carbocycles. The summed E-state index contributed by atoms with van der Waals surface area (Å²) in [6.07, 6.45) is 3.20. The second-order valence-electron chi connectivity index (χ2n) is 8.14. The van der Waals surface area contributed by atoms with E-state index < -0.39 is 11.7 Å². The number of hydrogen-bond donors (Lipinski definition) is 2. The number of rotatable bonds is 7. The number of nitrogens with one attached hydrogen (secondary N) is 2. The largest absolute Gasteiger partial charge is 0.424 e. The molecule has 0 radical (unpaired) electrons. The van der Waals surface area contributed by atoms with Crippen molar-refractivity contribution in [1.29, 1.82) is 0 Å². The van der Waals surface area contributed by atoms with Gasteiger partial charge in [0.2, 0.25) is 11.9 Å². The number of fused-ring (bicyclic) bond motifs is 1. The van der Waals surface area contributed by atoms with Crippen molar-refractivity contribution >= 4 is 28.9 Å². The van der Waals surface area contributed by atoms with Crippen LogP contribution in [0.15, 0.2) is 91.9 Å². The Kier molecular flexibility index (Phi) is 5.95. The molecule has 0 amide bonds. The third-order valence-electron chi connectivity index (χ3n) is 5.41. The summed E-state index contributed by atoms with van der Waals surface area (Å²) in [5.74, 6) is 0.508. The van der Waals surface area contributed by atoms with Crippen molar-refractivity contribution in [2.45, 2.75) is 6.18 Å². The number of halogens is 3. The Bertz CT molecular complexity index is 1740. The van der Waals surface area contributed by atoms with Gasteiger partial charge in [-0.25, -0.2) is 14.6 Å². The van der Waals surface area contributed by atoms with Gasteiger partial charge in [-0.1, -0.05) is 18.2 Å². The maximum absolute atomic E-state index is 13.7. The van der Waals surface area contributed by atoms with Gasteiger partial charge in [-0.05, 0) is 36.4 Å². The Hall–Kier alpha value is -5.53. The average Bonchev–Trinajstić information content (AvgIpc) is 3.61. The highest BCUT2D eigenvalue weighted by Crippen LogP contribution is 2.34. The molecule has 6 aromatic rings. The topological polar surface area (TPSA) is 120 Å². The summed E-state index contributed by atoms with van der Waals surface area (Å²) in [4.78, 5) is 21.0. The van der Waals surface area contributed by atoms with E-state index in [0.717, 1.165) is 12.1 Å². The Morgan fingerprint density at radius 1 is 0.821 bits per heavy atom. The van der Waals surface area contributed by atoms with Crippen molar-refractivity contribution in [3.8, 4) is 17.4 Å². The summed E-state index contributed by atoms with van der Waals surface area (Å²) in [6.45, 7) is 0. The van der Waals surface area contributed by atoms with E-state index in [1.807, 2.05) is 10.5 Å². The van der Waals surface area contributed by atoms with Crippen LogP contribution in [0.4, 0.5) is 36.4 Å². The van der Waals surface area contributed by atoms with Crippen molar-refractivity contribution in [3.63, 3.8) is 0 Å². The number of hydrogen-bond acceptors (Lipinski definition) is 9. The Morgan fingerprint density at radius 2 is 1.62 bits per heavy atom. The summed E-state index contributed by atoms with van der Waals surface area (Å²) in [6, 6.07) is 15.7. The van der Waals surface area contributed by atoms with E-state index in [-0.39, 0.29) is 29.3 Å². The standard InChI is InChI=1S/C25H17F3N10O/c26-25(27,28)16-10-18(12-19(11-16)38-15-29-14-31-38)33-23-34-22(32-17-6-8-37-9-7-30-21(37)13-17)35-24(36-23)39-20-4-2-1-3-5-20/h1-15H,(H2,32,33,34,35,36). The summed E-state index contributed by atoms with van der Waals surface area (Å²) < 4.78 is 49.9. The van der Waals surface area contributed by atoms with Crippen molar-refractivity contribution < 1.29 is 17.9 Å². The van der Waals surface area contributed by atoms with Gasteiger partial charge in [-0.2, -0.15) is 33.2 Å². The number of nitrogens with zero attached hydrogens (tertiary/aromatic N) is 8. The monoisotopic (exact) mass is 530 g/mol. The SMILES string of the molecule is FC(F)(F)c1cc(Nc2nc(Nc3ccn4ccnc4c3)nc(Oc3ccccc3)n2)cc(-n2cncn2)c1. The van der Waals surface area contributed by atoms with Gasteiger partial charge in [0.15, 0.2) is 0 Å². The minimum absolute atomic E-state index is 0.0517. The predicted molar refractivity (Wildman–Crippen MR) is 134 cm³/mol. The van der Waals surface area contributed by atoms with Gasteiger partial charge in [0, 0.05) is 36.0 Å². The fourth-order valence-corrected chi connectivity index (χ4v) is 3.67. The first kappa shape index (κ1) is 23.8. The van der Waals surface area contributed by atoms with Crippen LogP contribution in [0.25, 0.3) is 11.3 Å². The number of alkyl halides is 3. The predicted octanol–water partition coefficient (Wildman–Crippen LogP) is 5.40. The lowest BCUT2D eigenvalue weighted by molar-refractivity contribution is -0.137. The van der Waals surface area contributed by atoms with Gasteiger partial charge in [-0.15, -0.1) is 0 Å². The number of ether oxygens (including phenoxy) is 1. The molecule has 0 aliphatic carbocycles. The molecule has 0 saturated heterocycles. The van der Waals surface area contributed by atoms with E-state index in [1.54, 1.807) is 55.0 Å². The molecule has 0 spiro atoms. The highest BCUT2D eigenvalue weighted by Gasteiger charge is 2.31. The molecule has 0 atom stereocenters. The highest BCUT2D eigenvalue weighted by atomic mass is 19.4. The lowest BCUT2D eigenvalue weighted by Crippen LogP contribution is -2.09. The molecule has 14 heteroatoms. The molecule has 0 aliphatic heterocycles. The van der Waals surface area contributed by atoms with Crippen LogP contribution in [0.1, 0.15) is 5.56 Å². The number of pyridine rings is 1. The van der Waals surface area contributed by atoms with Crippen LogP contribution in [0.5, 0.6) is 11.8 Å². The summed E-state index contributed by atoms with van der Waals surface area (Å²) >= 11 is 0. The van der Waals surface area contributed by atoms with E-state index >= 15 is 0 Å². The van der Waals surface area contributed by atoms with E-state index in [2.05, 4.69) is 40.7 Å². The molecular weight excluding hydrogens is 513 g/mol. The Balaban J connectivity index is 1.37. The molecule has 11 nitrogen and oxygen atoms in total. The maximum atomic E-state index is 13.7. The molecule has 0 saturated carbocycles. The van der Waals surface area contributed by atoms with Crippen LogP contribution < -0.4 is 15.4 Å². The number of imidazole rings is 1. The number of anilines is 4. The van der Waals surface area contributed by atoms with Crippen LogP contribution in [0.3, 0.4) is 0 Å². The number of aromatic nitrogens is 8. The first-order chi connectivity index (χ1) is 18.9. The van der Waals surface area contributed by atoms with Gasteiger partial charge in [0.05, 0.1) is 11.3 Å². The molecule has 4 aromatic heterocycles. The molecule has 0 unspecified atom stereocenters. The van der Waals surface area contributed by atoms with Crippen LogP contribution in [-0.2, 0) is 6.18 Å². The minimum atomic E-state index is -4.61. The average molecular weight is 530 g/mol. The molecule has 194 valence electrons. The first-order valence-corrected chi connectivity index (χ1v) is 11.4. The van der Waals surface area contributed by atoms with Gasteiger partial charge >= 0.3 is 12.2 Å². The summed E-state index contributed by atoms with van der Waals surface area (Å²) in [5, 5.41) is 9.84. The molecule has 0 fully saturated rings. The van der Waals surface area contributed by atoms with E-state index in [0.29, 0.717) is 17.1 Å². The number of para-hydroxylation sites is 1. The third-order valence-corrected chi connectivity index (χ3v) is 5.41. The fraction of sp³-hybridized carbons (Fsp3) is 0.0400. The number of benzene rings is 2. The zero-order valence-electron chi connectivity index (χ0n) is 19.8. The van der Waals surface area contributed by atoms with Crippen molar-refractivity contribution in [2.75, 3.05) is 10.6 Å². The van der Waals surface area contributed by atoms with Crippen molar-refractivity contribution in [2.24, 2.45) is 0 Å². The third kappa shape index (κ3) is 5.44. The Morgan fingerprint density at radius 3 is 2.36 bits per heavy atom. The quantitative estimate of drug-likeness (QED) is 0.280. The van der Waals surface area contributed by atoms with Crippen molar-refractivity contribution in [1.82, 2.24) is 39.1 Å². The molecule has 2 N–H and O–H groups in total. The fourth-order valence-electron chi connectivity index (χ4n) is 3.67. The lowest BCUT2D eigenvalue weighted by atomic mass is 10.1.